The largest absolute Gasteiger partial charge is 0.328 e. The predicted molar refractivity (Wildman–Crippen MR) is 59.5 cm³/mol. The molecule has 1 heterocycles. The van der Waals surface area contributed by atoms with Gasteiger partial charge in [0.05, 0.1) is 10.9 Å². The molecule has 0 radical (unpaired) electrons. The summed E-state index contributed by atoms with van der Waals surface area (Å²) in [6.45, 7) is 0.387. The fourth-order valence-corrected chi connectivity index (χ4v) is 1.72. The van der Waals surface area contributed by atoms with E-state index in [2.05, 4.69) is 4.98 Å². The van der Waals surface area contributed by atoms with Crippen molar-refractivity contribution in [2.24, 2.45) is 0 Å². The molecule has 1 aromatic carbocycles. The molecule has 0 amide bonds. The zero-order valence-electron chi connectivity index (χ0n) is 7.87. The first kappa shape index (κ1) is 9.98. The van der Waals surface area contributed by atoms with Gasteiger partial charge in [0.1, 0.15) is 0 Å². The summed E-state index contributed by atoms with van der Waals surface area (Å²) in [5, 5.41) is 0.502. The van der Waals surface area contributed by atoms with Gasteiger partial charge >= 0.3 is 5.69 Å². The van der Waals surface area contributed by atoms with E-state index in [9.17, 15) is 9.59 Å². The topological polar surface area (TPSA) is 54.9 Å². The molecule has 0 aliphatic carbocycles. The molecule has 1 aromatic heterocycles. The van der Waals surface area contributed by atoms with Crippen molar-refractivity contribution in [3.05, 3.63) is 45.1 Å². The molecule has 5 heteroatoms. The lowest BCUT2D eigenvalue weighted by atomic mass is 10.2. The number of benzene rings is 1. The Labute approximate surface area is 90.1 Å². The van der Waals surface area contributed by atoms with E-state index in [1.807, 2.05) is 0 Å². The molecule has 0 saturated heterocycles. The van der Waals surface area contributed by atoms with Crippen molar-refractivity contribution in [2.75, 3.05) is 5.88 Å². The molecule has 2 aromatic rings. The van der Waals surface area contributed by atoms with E-state index >= 15 is 0 Å². The van der Waals surface area contributed by atoms with E-state index in [1.165, 1.54) is 4.57 Å². The molecule has 0 spiro atoms. The summed E-state index contributed by atoms with van der Waals surface area (Å²) < 4.78 is 1.46. The average Bonchev–Trinajstić information content (AvgIpc) is 2.24. The zero-order valence-corrected chi connectivity index (χ0v) is 8.62. The summed E-state index contributed by atoms with van der Waals surface area (Å²) >= 11 is 5.60. The maximum Gasteiger partial charge on any atom is 0.328 e. The van der Waals surface area contributed by atoms with Crippen molar-refractivity contribution in [1.82, 2.24) is 9.55 Å². The van der Waals surface area contributed by atoms with Crippen LogP contribution in [-0.2, 0) is 6.54 Å². The Kier molecular flexibility index (Phi) is 2.60. The standard InChI is InChI=1S/C10H9ClN2O2/c11-5-6-13-8-4-2-1-3-7(8)9(14)12-10(13)15/h1-4H,5-6H2,(H,12,14,15). The second-order valence-electron chi connectivity index (χ2n) is 3.12. The van der Waals surface area contributed by atoms with Gasteiger partial charge in [0.2, 0.25) is 0 Å². The van der Waals surface area contributed by atoms with Crippen molar-refractivity contribution < 1.29 is 0 Å². The minimum absolute atomic E-state index is 0.329. The first-order valence-electron chi connectivity index (χ1n) is 4.52. The molecule has 15 heavy (non-hydrogen) atoms. The Morgan fingerprint density at radius 3 is 2.73 bits per heavy atom. The summed E-state index contributed by atoms with van der Waals surface area (Å²) in [6.07, 6.45) is 0. The fourth-order valence-electron chi connectivity index (χ4n) is 1.55. The monoisotopic (exact) mass is 224 g/mol. The van der Waals surface area contributed by atoms with E-state index in [-0.39, 0.29) is 5.56 Å². The van der Waals surface area contributed by atoms with Crippen molar-refractivity contribution >= 4 is 22.5 Å². The van der Waals surface area contributed by atoms with Gasteiger partial charge in [-0.15, -0.1) is 11.6 Å². The highest BCUT2D eigenvalue weighted by molar-refractivity contribution is 6.17. The Bertz CT molecular complexity index is 600. The molecule has 0 unspecified atom stereocenters. The summed E-state index contributed by atoms with van der Waals surface area (Å²) in [7, 11) is 0. The van der Waals surface area contributed by atoms with E-state index in [1.54, 1.807) is 24.3 Å². The number of aromatic amines is 1. The molecule has 0 bridgehead atoms. The summed E-state index contributed by atoms with van der Waals surface area (Å²) in [4.78, 5) is 25.2. The molecule has 0 fully saturated rings. The van der Waals surface area contributed by atoms with Gasteiger partial charge in [-0.1, -0.05) is 12.1 Å². The molecule has 0 aliphatic rings. The molecule has 0 saturated carbocycles. The third-order valence-corrected chi connectivity index (χ3v) is 2.38. The van der Waals surface area contributed by atoms with Crippen LogP contribution in [0.3, 0.4) is 0 Å². The van der Waals surface area contributed by atoms with Gasteiger partial charge in [-0.3, -0.25) is 14.3 Å². The second kappa shape index (κ2) is 3.90. The van der Waals surface area contributed by atoms with Crippen LogP contribution in [0.5, 0.6) is 0 Å². The van der Waals surface area contributed by atoms with Crippen LogP contribution in [-0.4, -0.2) is 15.4 Å². The molecular formula is C10H9ClN2O2. The summed E-state index contributed by atoms with van der Waals surface area (Å²) in [5.74, 6) is 0.329. The zero-order chi connectivity index (χ0) is 10.8. The van der Waals surface area contributed by atoms with Crippen LogP contribution >= 0.6 is 11.6 Å². The number of alkyl halides is 1. The molecule has 4 nitrogen and oxygen atoms in total. The lowest BCUT2D eigenvalue weighted by molar-refractivity contribution is 0.731. The fraction of sp³-hybridized carbons (Fsp3) is 0.200. The number of halogens is 1. The molecular weight excluding hydrogens is 216 g/mol. The van der Waals surface area contributed by atoms with Gasteiger partial charge in [0.25, 0.3) is 5.56 Å². The number of rotatable bonds is 2. The average molecular weight is 225 g/mol. The van der Waals surface area contributed by atoms with E-state index in [4.69, 9.17) is 11.6 Å². The number of para-hydroxylation sites is 1. The second-order valence-corrected chi connectivity index (χ2v) is 3.50. The first-order valence-corrected chi connectivity index (χ1v) is 5.05. The van der Waals surface area contributed by atoms with Gasteiger partial charge in [-0.2, -0.15) is 0 Å². The van der Waals surface area contributed by atoms with Crippen LogP contribution in [0.1, 0.15) is 0 Å². The molecule has 0 atom stereocenters. The highest BCUT2D eigenvalue weighted by atomic mass is 35.5. The third-order valence-electron chi connectivity index (χ3n) is 2.21. The summed E-state index contributed by atoms with van der Waals surface area (Å²) in [5.41, 5.74) is -0.160. The first-order chi connectivity index (χ1) is 7.24. The Morgan fingerprint density at radius 1 is 1.27 bits per heavy atom. The van der Waals surface area contributed by atoms with Gasteiger partial charge in [-0.05, 0) is 12.1 Å². The van der Waals surface area contributed by atoms with Crippen LogP contribution in [0.2, 0.25) is 0 Å². The van der Waals surface area contributed by atoms with E-state index in [0.29, 0.717) is 23.3 Å². The van der Waals surface area contributed by atoms with Gasteiger partial charge in [0.15, 0.2) is 0 Å². The van der Waals surface area contributed by atoms with Crippen LogP contribution in [0.25, 0.3) is 10.9 Å². The summed E-state index contributed by atoms with van der Waals surface area (Å²) in [6, 6.07) is 6.95. The Hall–Kier alpha value is -1.55. The highest BCUT2D eigenvalue weighted by Gasteiger charge is 2.05. The highest BCUT2D eigenvalue weighted by Crippen LogP contribution is 2.06. The lowest BCUT2D eigenvalue weighted by Gasteiger charge is -2.06. The number of aromatic nitrogens is 2. The Morgan fingerprint density at radius 2 is 2.00 bits per heavy atom. The van der Waals surface area contributed by atoms with E-state index in [0.717, 1.165) is 0 Å². The number of nitrogens with zero attached hydrogens (tertiary/aromatic N) is 1. The number of nitrogens with one attached hydrogen (secondary N) is 1. The maximum absolute atomic E-state index is 11.5. The van der Waals surface area contributed by atoms with Crippen molar-refractivity contribution in [3.8, 4) is 0 Å². The molecule has 78 valence electrons. The molecule has 1 N–H and O–H groups in total. The quantitative estimate of drug-likeness (QED) is 0.772. The molecule has 0 aliphatic heterocycles. The van der Waals surface area contributed by atoms with Crippen LogP contribution in [0, 0.1) is 0 Å². The van der Waals surface area contributed by atoms with Crippen molar-refractivity contribution in [1.29, 1.82) is 0 Å². The minimum atomic E-state index is -0.417. The number of fused-ring (bicyclic) bond motifs is 1. The van der Waals surface area contributed by atoms with Gasteiger partial charge < -0.3 is 0 Å². The third kappa shape index (κ3) is 1.68. The van der Waals surface area contributed by atoms with Gasteiger partial charge in [0, 0.05) is 12.4 Å². The van der Waals surface area contributed by atoms with Crippen molar-refractivity contribution in [3.63, 3.8) is 0 Å². The van der Waals surface area contributed by atoms with Gasteiger partial charge in [-0.25, -0.2) is 4.79 Å². The van der Waals surface area contributed by atoms with Crippen LogP contribution < -0.4 is 11.2 Å². The number of H-pyrrole nitrogens is 1. The smallest absolute Gasteiger partial charge is 0.292 e. The SMILES string of the molecule is O=c1[nH]c(=O)n(CCCl)c2ccccc12. The maximum atomic E-state index is 11.5. The predicted octanol–water partition coefficient (Wildman–Crippen LogP) is 0.929. The lowest BCUT2D eigenvalue weighted by Crippen LogP contribution is -2.30. The number of hydrogen-bond acceptors (Lipinski definition) is 2. The van der Waals surface area contributed by atoms with Crippen LogP contribution in [0.4, 0.5) is 0 Å². The molecule has 2 rings (SSSR count). The van der Waals surface area contributed by atoms with E-state index < -0.39 is 5.69 Å². The van der Waals surface area contributed by atoms with Crippen molar-refractivity contribution in [2.45, 2.75) is 6.54 Å². The minimum Gasteiger partial charge on any atom is -0.292 e. The normalized spacial score (nSPS) is 10.7. The number of aryl methyl sites for hydroxylation is 1. The number of hydrogen-bond donors (Lipinski definition) is 1. The van der Waals surface area contributed by atoms with Crippen LogP contribution in [0.15, 0.2) is 33.9 Å². The Balaban J connectivity index is 2.90.